The summed E-state index contributed by atoms with van der Waals surface area (Å²) in [5, 5.41) is 8.76. The molecule has 0 N–H and O–H groups in total. The van der Waals surface area contributed by atoms with E-state index in [1.54, 1.807) is 11.8 Å². The van der Waals surface area contributed by atoms with Crippen molar-refractivity contribution in [2.24, 2.45) is 5.92 Å². The molecule has 0 spiro atoms. The van der Waals surface area contributed by atoms with Gasteiger partial charge in [-0.1, -0.05) is 0 Å². The van der Waals surface area contributed by atoms with Gasteiger partial charge >= 0.3 is 0 Å². The minimum Gasteiger partial charge on any atom is -0.341 e. The van der Waals surface area contributed by atoms with Crippen molar-refractivity contribution in [3.05, 3.63) is 29.8 Å². The lowest BCUT2D eigenvalue weighted by Crippen LogP contribution is -2.35. The molecule has 0 radical (unpaired) electrons. The van der Waals surface area contributed by atoms with Crippen LogP contribution in [0.15, 0.2) is 23.1 Å². The van der Waals surface area contributed by atoms with Gasteiger partial charge in [-0.3, -0.25) is 4.79 Å². The second-order valence-electron chi connectivity index (χ2n) is 4.33. The highest BCUT2D eigenvalue weighted by atomic mass is 32.2. The van der Waals surface area contributed by atoms with Crippen molar-refractivity contribution >= 4 is 17.7 Å². The molecule has 0 saturated carbocycles. The van der Waals surface area contributed by atoms with E-state index < -0.39 is 11.6 Å². The number of rotatable bonds is 6. The Morgan fingerprint density at radius 2 is 2.15 bits per heavy atom. The van der Waals surface area contributed by atoms with Crippen LogP contribution in [0.25, 0.3) is 0 Å². The summed E-state index contributed by atoms with van der Waals surface area (Å²) in [5.41, 5.74) is 0. The molecule has 0 fully saturated rings. The van der Waals surface area contributed by atoms with Gasteiger partial charge in [-0.25, -0.2) is 8.78 Å². The molecular formula is C14H16F2N2OS. The maximum absolute atomic E-state index is 13.0. The minimum absolute atomic E-state index is 0.121. The van der Waals surface area contributed by atoms with Crippen LogP contribution in [0.1, 0.15) is 13.8 Å². The Hall–Kier alpha value is -1.61. The van der Waals surface area contributed by atoms with Crippen LogP contribution in [0, 0.1) is 28.9 Å². The van der Waals surface area contributed by atoms with Gasteiger partial charge in [0.2, 0.25) is 5.91 Å². The molecule has 0 aliphatic heterocycles. The third kappa shape index (κ3) is 4.82. The Kier molecular flexibility index (Phi) is 6.46. The van der Waals surface area contributed by atoms with Gasteiger partial charge in [0, 0.05) is 18.0 Å². The quantitative estimate of drug-likeness (QED) is 0.758. The maximum Gasteiger partial charge on any atom is 0.232 e. The van der Waals surface area contributed by atoms with E-state index in [2.05, 4.69) is 6.07 Å². The zero-order valence-corrected chi connectivity index (χ0v) is 12.2. The van der Waals surface area contributed by atoms with E-state index in [1.807, 2.05) is 6.92 Å². The Morgan fingerprint density at radius 3 is 2.70 bits per heavy atom. The molecule has 0 aliphatic rings. The summed E-state index contributed by atoms with van der Waals surface area (Å²) in [7, 11) is 0. The van der Waals surface area contributed by atoms with Crippen LogP contribution in [0.4, 0.5) is 8.78 Å². The lowest BCUT2D eigenvalue weighted by molar-refractivity contribution is -0.128. The second kappa shape index (κ2) is 7.85. The van der Waals surface area contributed by atoms with Crippen LogP contribution in [-0.2, 0) is 4.79 Å². The number of amides is 1. The van der Waals surface area contributed by atoms with Crippen LogP contribution >= 0.6 is 11.8 Å². The van der Waals surface area contributed by atoms with E-state index in [0.29, 0.717) is 18.0 Å². The molecule has 1 aromatic rings. The Bertz CT molecular complexity index is 516. The number of nitrogens with zero attached hydrogens (tertiary/aromatic N) is 2. The highest BCUT2D eigenvalue weighted by molar-refractivity contribution is 8.00. The van der Waals surface area contributed by atoms with Crippen LogP contribution in [-0.4, -0.2) is 29.6 Å². The summed E-state index contributed by atoms with van der Waals surface area (Å²) in [5.74, 6) is -2.04. The summed E-state index contributed by atoms with van der Waals surface area (Å²) in [6.45, 7) is 4.48. The number of hydrogen-bond donors (Lipinski definition) is 0. The zero-order valence-electron chi connectivity index (χ0n) is 11.4. The first kappa shape index (κ1) is 16.4. The van der Waals surface area contributed by atoms with E-state index in [4.69, 9.17) is 5.26 Å². The van der Waals surface area contributed by atoms with Gasteiger partial charge in [-0.2, -0.15) is 5.26 Å². The Labute approximate surface area is 121 Å². The average molecular weight is 298 g/mol. The fourth-order valence-corrected chi connectivity index (χ4v) is 2.41. The lowest BCUT2D eigenvalue weighted by atomic mass is 10.2. The first-order valence-electron chi connectivity index (χ1n) is 6.23. The summed E-state index contributed by atoms with van der Waals surface area (Å²) >= 11 is 1.15. The van der Waals surface area contributed by atoms with E-state index >= 15 is 0 Å². The summed E-state index contributed by atoms with van der Waals surface area (Å²) in [4.78, 5) is 14.1. The van der Waals surface area contributed by atoms with Crippen LogP contribution < -0.4 is 0 Å². The first-order valence-corrected chi connectivity index (χ1v) is 7.21. The van der Waals surface area contributed by atoms with Crippen LogP contribution in [0.2, 0.25) is 0 Å². The molecule has 0 heterocycles. The molecule has 1 atom stereocenters. The number of benzene rings is 1. The predicted molar refractivity (Wildman–Crippen MR) is 74.1 cm³/mol. The van der Waals surface area contributed by atoms with Gasteiger partial charge < -0.3 is 4.90 Å². The van der Waals surface area contributed by atoms with Crippen LogP contribution in [0.3, 0.4) is 0 Å². The zero-order chi connectivity index (χ0) is 15.1. The summed E-state index contributed by atoms with van der Waals surface area (Å²) in [6, 6.07) is 5.63. The largest absolute Gasteiger partial charge is 0.341 e. The predicted octanol–water partition coefficient (Wildman–Crippen LogP) is 3.07. The molecule has 0 saturated heterocycles. The highest BCUT2D eigenvalue weighted by Gasteiger charge is 2.15. The van der Waals surface area contributed by atoms with Crippen LogP contribution in [0.5, 0.6) is 0 Å². The molecule has 0 aromatic heterocycles. The number of thioether (sulfide) groups is 1. The summed E-state index contributed by atoms with van der Waals surface area (Å²) in [6.07, 6.45) is 0. The van der Waals surface area contributed by atoms with Gasteiger partial charge in [0.15, 0.2) is 11.6 Å². The molecule has 1 amide bonds. The van der Waals surface area contributed by atoms with Gasteiger partial charge in [-0.15, -0.1) is 11.8 Å². The van der Waals surface area contributed by atoms with Crippen molar-refractivity contribution in [3.8, 4) is 6.07 Å². The average Bonchev–Trinajstić information content (AvgIpc) is 2.45. The molecule has 1 aromatic carbocycles. The maximum atomic E-state index is 13.0. The lowest BCUT2D eigenvalue weighted by Gasteiger charge is -2.21. The topological polar surface area (TPSA) is 44.1 Å². The monoisotopic (exact) mass is 298 g/mol. The van der Waals surface area contributed by atoms with E-state index in [1.165, 1.54) is 6.07 Å². The van der Waals surface area contributed by atoms with Gasteiger partial charge in [0.25, 0.3) is 0 Å². The summed E-state index contributed by atoms with van der Waals surface area (Å²) < 4.78 is 25.8. The third-order valence-corrected chi connectivity index (χ3v) is 3.68. The van der Waals surface area contributed by atoms with Crippen molar-refractivity contribution in [1.29, 1.82) is 5.26 Å². The van der Waals surface area contributed by atoms with Crippen molar-refractivity contribution < 1.29 is 13.6 Å². The number of halogens is 2. The molecule has 0 aliphatic carbocycles. The second-order valence-corrected chi connectivity index (χ2v) is 5.38. The Balaban J connectivity index is 2.57. The van der Waals surface area contributed by atoms with Gasteiger partial charge in [0.1, 0.15) is 0 Å². The molecule has 108 valence electrons. The van der Waals surface area contributed by atoms with Crippen molar-refractivity contribution in [1.82, 2.24) is 4.90 Å². The highest BCUT2D eigenvalue weighted by Crippen LogP contribution is 2.20. The molecule has 1 rings (SSSR count). The fraction of sp³-hybridized carbons (Fsp3) is 0.429. The first-order chi connectivity index (χ1) is 9.47. The van der Waals surface area contributed by atoms with E-state index in [-0.39, 0.29) is 17.6 Å². The third-order valence-electron chi connectivity index (χ3n) is 2.70. The fourth-order valence-electron chi connectivity index (χ4n) is 1.58. The molecule has 0 bridgehead atoms. The number of carbonyl (C=O) groups excluding carboxylic acids is 1. The van der Waals surface area contributed by atoms with Gasteiger partial charge in [-0.05, 0) is 32.0 Å². The minimum atomic E-state index is -0.923. The van der Waals surface area contributed by atoms with E-state index in [9.17, 15) is 13.6 Å². The standard InChI is InChI=1S/C14H16F2N2OS/c1-3-18(8-10(2)7-17)14(19)9-20-11-4-5-12(15)13(16)6-11/h4-6,10H,3,8-9H2,1-2H3/t10-/m1/s1. The Morgan fingerprint density at radius 1 is 1.45 bits per heavy atom. The smallest absolute Gasteiger partial charge is 0.232 e. The normalized spacial score (nSPS) is 11.8. The van der Waals surface area contributed by atoms with Gasteiger partial charge in [0.05, 0.1) is 17.7 Å². The molecular weight excluding hydrogens is 282 g/mol. The number of nitriles is 1. The molecule has 20 heavy (non-hydrogen) atoms. The molecule has 6 heteroatoms. The molecule has 0 unspecified atom stereocenters. The SMILES string of the molecule is CCN(C[C@H](C)C#N)C(=O)CSc1ccc(F)c(F)c1. The number of carbonyl (C=O) groups is 1. The van der Waals surface area contributed by atoms with Crippen molar-refractivity contribution in [2.75, 3.05) is 18.8 Å². The van der Waals surface area contributed by atoms with Crippen molar-refractivity contribution in [3.63, 3.8) is 0 Å². The van der Waals surface area contributed by atoms with E-state index in [0.717, 1.165) is 23.9 Å². The molecule has 3 nitrogen and oxygen atoms in total. The number of hydrogen-bond acceptors (Lipinski definition) is 3. The van der Waals surface area contributed by atoms with Crippen molar-refractivity contribution in [2.45, 2.75) is 18.7 Å².